The first kappa shape index (κ1) is 12.4. The van der Waals surface area contributed by atoms with Gasteiger partial charge in [0.05, 0.1) is 0 Å². The van der Waals surface area contributed by atoms with Gasteiger partial charge in [0.2, 0.25) is 0 Å². The molecule has 20 heavy (non-hydrogen) atoms. The lowest BCUT2D eigenvalue weighted by Gasteiger charge is -2.53. The van der Waals surface area contributed by atoms with Gasteiger partial charge in [-0.05, 0) is 74.8 Å². The Hall–Kier alpha value is -1.31. The average Bonchev–Trinajstić information content (AvgIpc) is 2.42. The van der Waals surface area contributed by atoms with Crippen molar-refractivity contribution in [3.8, 4) is 5.75 Å². The fourth-order valence-electron chi connectivity index (χ4n) is 5.01. The molecule has 1 aromatic carbocycles. The Labute approximate surface area is 120 Å². The van der Waals surface area contributed by atoms with Crippen molar-refractivity contribution in [2.24, 2.45) is 23.7 Å². The van der Waals surface area contributed by atoms with Gasteiger partial charge in [-0.3, -0.25) is 4.79 Å². The minimum Gasteiger partial charge on any atom is -0.490 e. The molecule has 106 valence electrons. The second kappa shape index (κ2) is 4.61. The van der Waals surface area contributed by atoms with E-state index in [4.69, 9.17) is 4.74 Å². The number of ether oxygens (including phenoxy) is 1. The number of Topliss-reactive ketones (excluding diaryl/α,β-unsaturated/α-hetero) is 1. The largest absolute Gasteiger partial charge is 0.490 e. The van der Waals surface area contributed by atoms with Crippen LogP contribution in [-0.4, -0.2) is 11.9 Å². The van der Waals surface area contributed by atoms with Crippen LogP contribution in [0.1, 0.15) is 49.4 Å². The summed E-state index contributed by atoms with van der Waals surface area (Å²) in [7, 11) is 0. The summed E-state index contributed by atoms with van der Waals surface area (Å²) in [6.45, 7) is 1.61. The van der Waals surface area contributed by atoms with E-state index >= 15 is 0 Å². The second-order valence-electron chi connectivity index (χ2n) is 7.10. The van der Waals surface area contributed by atoms with E-state index in [1.165, 1.54) is 32.1 Å². The summed E-state index contributed by atoms with van der Waals surface area (Å²) in [4.78, 5) is 11.5. The van der Waals surface area contributed by atoms with Crippen LogP contribution in [0.3, 0.4) is 0 Å². The molecule has 4 aliphatic rings. The van der Waals surface area contributed by atoms with Crippen molar-refractivity contribution < 1.29 is 9.53 Å². The van der Waals surface area contributed by atoms with Gasteiger partial charge in [-0.2, -0.15) is 0 Å². The predicted octanol–water partition coefficient (Wildman–Crippen LogP) is 4.09. The third-order valence-corrected chi connectivity index (χ3v) is 5.65. The Morgan fingerprint density at radius 1 is 1.05 bits per heavy atom. The number of benzene rings is 1. The zero-order valence-electron chi connectivity index (χ0n) is 12.0. The zero-order chi connectivity index (χ0) is 13.7. The molecule has 4 fully saturated rings. The maximum Gasteiger partial charge on any atom is 0.159 e. The molecule has 0 N–H and O–H groups in total. The highest BCUT2D eigenvalue weighted by atomic mass is 16.5. The summed E-state index contributed by atoms with van der Waals surface area (Å²) in [6, 6.07) is 7.71. The molecular formula is C18H22O2. The molecule has 0 spiro atoms. The van der Waals surface area contributed by atoms with E-state index in [9.17, 15) is 4.79 Å². The highest BCUT2D eigenvalue weighted by molar-refractivity contribution is 5.94. The molecule has 0 heterocycles. The first-order chi connectivity index (χ1) is 9.69. The van der Waals surface area contributed by atoms with Crippen LogP contribution < -0.4 is 4.74 Å². The molecule has 0 aliphatic heterocycles. The fraction of sp³-hybridized carbons (Fsp3) is 0.611. The van der Waals surface area contributed by atoms with Crippen LogP contribution in [0.5, 0.6) is 5.75 Å². The van der Waals surface area contributed by atoms with Crippen LogP contribution in [0.4, 0.5) is 0 Å². The Kier molecular flexibility index (Phi) is 2.87. The third-order valence-electron chi connectivity index (χ3n) is 5.65. The van der Waals surface area contributed by atoms with Crippen molar-refractivity contribution in [3.63, 3.8) is 0 Å². The zero-order valence-corrected chi connectivity index (χ0v) is 12.0. The summed E-state index contributed by atoms with van der Waals surface area (Å²) in [5.41, 5.74) is 0.756. The molecule has 4 aliphatic carbocycles. The van der Waals surface area contributed by atoms with Crippen LogP contribution in [0.25, 0.3) is 0 Å². The van der Waals surface area contributed by atoms with Gasteiger partial charge in [-0.25, -0.2) is 0 Å². The smallest absolute Gasteiger partial charge is 0.159 e. The highest BCUT2D eigenvalue weighted by Gasteiger charge is 2.49. The van der Waals surface area contributed by atoms with Gasteiger partial charge in [0.15, 0.2) is 5.78 Å². The first-order valence-corrected chi connectivity index (χ1v) is 7.96. The molecule has 2 heteroatoms. The minimum absolute atomic E-state index is 0.112. The molecular weight excluding hydrogens is 248 g/mol. The maximum absolute atomic E-state index is 11.5. The van der Waals surface area contributed by atoms with Crippen LogP contribution in [0.2, 0.25) is 0 Å². The second-order valence-corrected chi connectivity index (χ2v) is 7.10. The summed E-state index contributed by atoms with van der Waals surface area (Å²) in [5.74, 6) is 4.46. The van der Waals surface area contributed by atoms with Crippen molar-refractivity contribution in [1.29, 1.82) is 0 Å². The molecule has 5 rings (SSSR count). The molecule has 1 aromatic rings. The number of carbonyl (C=O) groups excluding carboxylic acids is 1. The Balaban J connectivity index is 1.54. The molecule has 0 saturated heterocycles. The molecule has 0 amide bonds. The average molecular weight is 270 g/mol. The van der Waals surface area contributed by atoms with Crippen molar-refractivity contribution in [1.82, 2.24) is 0 Å². The van der Waals surface area contributed by atoms with Crippen LogP contribution in [0, 0.1) is 23.7 Å². The number of rotatable bonds is 3. The van der Waals surface area contributed by atoms with Gasteiger partial charge in [0.1, 0.15) is 11.9 Å². The van der Waals surface area contributed by atoms with Crippen molar-refractivity contribution in [2.75, 3.05) is 0 Å². The maximum atomic E-state index is 11.5. The highest BCUT2D eigenvalue weighted by Crippen LogP contribution is 2.54. The molecule has 4 saturated carbocycles. The van der Waals surface area contributed by atoms with Gasteiger partial charge < -0.3 is 4.74 Å². The van der Waals surface area contributed by atoms with E-state index in [1.807, 2.05) is 24.3 Å². The summed E-state index contributed by atoms with van der Waals surface area (Å²) < 4.78 is 6.33. The van der Waals surface area contributed by atoms with Crippen molar-refractivity contribution in [2.45, 2.75) is 45.1 Å². The van der Waals surface area contributed by atoms with E-state index < -0.39 is 0 Å². The van der Waals surface area contributed by atoms with E-state index in [0.29, 0.717) is 6.10 Å². The Morgan fingerprint density at radius 2 is 1.70 bits per heavy atom. The molecule has 4 bridgehead atoms. The SMILES string of the molecule is CC(=O)c1cccc(OC2C3CC4CC(C3)CC2C4)c1. The third kappa shape index (κ3) is 2.06. The monoisotopic (exact) mass is 270 g/mol. The number of ketones is 1. The summed E-state index contributed by atoms with van der Waals surface area (Å²) in [5, 5.41) is 0. The quantitative estimate of drug-likeness (QED) is 0.773. The lowest BCUT2D eigenvalue weighted by molar-refractivity contribution is -0.0789. The Morgan fingerprint density at radius 3 is 2.30 bits per heavy atom. The van der Waals surface area contributed by atoms with Crippen LogP contribution >= 0.6 is 0 Å². The molecule has 0 atom stereocenters. The molecule has 2 nitrogen and oxygen atoms in total. The van der Waals surface area contributed by atoms with E-state index in [1.54, 1.807) is 6.92 Å². The number of hydrogen-bond donors (Lipinski definition) is 0. The molecule has 0 unspecified atom stereocenters. The normalized spacial score (nSPS) is 38.0. The van der Waals surface area contributed by atoms with Gasteiger partial charge in [-0.15, -0.1) is 0 Å². The molecule has 0 aromatic heterocycles. The van der Waals surface area contributed by atoms with Crippen molar-refractivity contribution in [3.05, 3.63) is 29.8 Å². The lowest BCUT2D eigenvalue weighted by Crippen LogP contribution is -2.50. The van der Waals surface area contributed by atoms with E-state index in [0.717, 1.165) is 35.0 Å². The molecule has 0 radical (unpaired) electrons. The van der Waals surface area contributed by atoms with Crippen LogP contribution in [0.15, 0.2) is 24.3 Å². The van der Waals surface area contributed by atoms with E-state index in [-0.39, 0.29) is 5.78 Å². The number of carbonyl (C=O) groups is 1. The Bertz CT molecular complexity index is 506. The minimum atomic E-state index is 0.112. The van der Waals surface area contributed by atoms with Gasteiger partial charge in [0.25, 0.3) is 0 Å². The summed E-state index contributed by atoms with van der Waals surface area (Å²) in [6.07, 6.45) is 7.33. The van der Waals surface area contributed by atoms with Crippen LogP contribution in [-0.2, 0) is 0 Å². The lowest BCUT2D eigenvalue weighted by atomic mass is 9.55. The predicted molar refractivity (Wildman–Crippen MR) is 77.9 cm³/mol. The fourth-order valence-corrected chi connectivity index (χ4v) is 5.01. The van der Waals surface area contributed by atoms with Gasteiger partial charge in [0, 0.05) is 5.56 Å². The van der Waals surface area contributed by atoms with Gasteiger partial charge >= 0.3 is 0 Å². The van der Waals surface area contributed by atoms with Crippen molar-refractivity contribution >= 4 is 5.78 Å². The number of hydrogen-bond acceptors (Lipinski definition) is 2. The summed E-state index contributed by atoms with van der Waals surface area (Å²) >= 11 is 0. The van der Waals surface area contributed by atoms with Gasteiger partial charge in [-0.1, -0.05) is 12.1 Å². The standard InChI is InChI=1S/C18H22O2/c1-11(19)14-3-2-4-17(10-14)20-18-15-6-12-5-13(8-15)9-16(18)7-12/h2-4,10,12-13,15-16,18H,5-9H2,1H3. The van der Waals surface area contributed by atoms with E-state index in [2.05, 4.69) is 0 Å². The first-order valence-electron chi connectivity index (χ1n) is 7.96. The topological polar surface area (TPSA) is 26.3 Å².